The lowest BCUT2D eigenvalue weighted by Crippen LogP contribution is -2.39. The molecule has 25 heavy (non-hydrogen) atoms. The zero-order chi connectivity index (χ0) is 17.2. The van der Waals surface area contributed by atoms with Crippen LogP contribution in [0.3, 0.4) is 0 Å². The van der Waals surface area contributed by atoms with Gasteiger partial charge in [0.25, 0.3) is 0 Å². The van der Waals surface area contributed by atoms with Crippen molar-refractivity contribution in [2.75, 3.05) is 23.3 Å². The number of hydrogen-bond acceptors (Lipinski definition) is 2. The summed E-state index contributed by atoms with van der Waals surface area (Å²) in [7, 11) is 0. The van der Waals surface area contributed by atoms with E-state index in [1.165, 1.54) is 23.2 Å². The van der Waals surface area contributed by atoms with E-state index in [0.29, 0.717) is 0 Å². The van der Waals surface area contributed by atoms with Crippen LogP contribution in [0, 0.1) is 0 Å². The Morgan fingerprint density at radius 3 is 2.84 bits per heavy atom. The minimum Gasteiger partial charge on any atom is -0.368 e. The average molecular weight is 400 g/mol. The Labute approximate surface area is 156 Å². The molecule has 0 spiro atoms. The number of benzene rings is 2. The van der Waals surface area contributed by atoms with Gasteiger partial charge in [-0.05, 0) is 77.0 Å². The summed E-state index contributed by atoms with van der Waals surface area (Å²) in [4.78, 5) is 14.6. The molecule has 0 radical (unpaired) electrons. The summed E-state index contributed by atoms with van der Waals surface area (Å²) in [5.41, 5.74) is 4.87. The Kier molecular flexibility index (Phi) is 4.66. The van der Waals surface area contributed by atoms with Crippen molar-refractivity contribution < 1.29 is 4.79 Å². The highest BCUT2D eigenvalue weighted by atomic mass is 79.9. The molecule has 4 nitrogen and oxygen atoms in total. The van der Waals surface area contributed by atoms with Crippen LogP contribution in [-0.4, -0.2) is 25.2 Å². The normalized spacial score (nSPS) is 18.9. The van der Waals surface area contributed by atoms with E-state index < -0.39 is 0 Å². The molecule has 0 bridgehead atoms. The quantitative estimate of drug-likeness (QED) is 0.805. The van der Waals surface area contributed by atoms with Crippen LogP contribution in [0.4, 0.5) is 16.2 Å². The first kappa shape index (κ1) is 16.5. The lowest BCUT2D eigenvalue weighted by Gasteiger charge is -2.20. The molecule has 2 aromatic carbocycles. The van der Waals surface area contributed by atoms with Gasteiger partial charge in [0.2, 0.25) is 0 Å². The summed E-state index contributed by atoms with van der Waals surface area (Å²) in [5.74, 6) is 0. The van der Waals surface area contributed by atoms with E-state index in [4.69, 9.17) is 0 Å². The monoisotopic (exact) mass is 399 g/mol. The maximum absolute atomic E-state index is 12.3. The van der Waals surface area contributed by atoms with E-state index in [0.717, 1.165) is 42.5 Å². The van der Waals surface area contributed by atoms with Crippen molar-refractivity contribution in [1.29, 1.82) is 0 Å². The minimum absolute atomic E-state index is 0.114. The lowest BCUT2D eigenvalue weighted by atomic mass is 10.1. The van der Waals surface area contributed by atoms with Gasteiger partial charge in [-0.15, -0.1) is 0 Å². The highest BCUT2D eigenvalue weighted by molar-refractivity contribution is 9.10. The van der Waals surface area contributed by atoms with E-state index in [9.17, 15) is 4.79 Å². The van der Waals surface area contributed by atoms with Crippen molar-refractivity contribution in [2.45, 2.75) is 31.7 Å². The highest BCUT2D eigenvalue weighted by Crippen LogP contribution is 2.29. The van der Waals surface area contributed by atoms with Gasteiger partial charge in [-0.3, -0.25) is 0 Å². The van der Waals surface area contributed by atoms with E-state index in [1.807, 2.05) is 18.2 Å². The van der Waals surface area contributed by atoms with Gasteiger partial charge in [-0.25, -0.2) is 4.79 Å². The van der Waals surface area contributed by atoms with Crippen molar-refractivity contribution >= 4 is 33.3 Å². The molecule has 130 valence electrons. The highest BCUT2D eigenvalue weighted by Gasteiger charge is 2.25. The molecule has 1 atom stereocenters. The molecule has 2 aliphatic rings. The third kappa shape index (κ3) is 3.66. The minimum atomic E-state index is -0.114. The summed E-state index contributed by atoms with van der Waals surface area (Å²) in [6.07, 6.45) is 4.46. The number of urea groups is 1. The molecule has 1 unspecified atom stereocenters. The summed E-state index contributed by atoms with van der Waals surface area (Å²) < 4.78 is 1.10. The predicted octanol–water partition coefficient (Wildman–Crippen LogP) is 4.34. The number of rotatable bonds is 3. The maximum Gasteiger partial charge on any atom is 0.319 e. The zero-order valence-electron chi connectivity index (χ0n) is 14.1. The van der Waals surface area contributed by atoms with E-state index in [-0.39, 0.29) is 12.1 Å². The van der Waals surface area contributed by atoms with Crippen LogP contribution in [0.5, 0.6) is 0 Å². The summed E-state index contributed by atoms with van der Waals surface area (Å²) in [6, 6.07) is 14.5. The van der Waals surface area contributed by atoms with Gasteiger partial charge in [-0.2, -0.15) is 0 Å². The zero-order valence-corrected chi connectivity index (χ0v) is 15.7. The number of aryl methyl sites for hydroxylation is 2. The Bertz CT molecular complexity index is 792. The van der Waals surface area contributed by atoms with Crippen LogP contribution in [0.2, 0.25) is 0 Å². The molecule has 2 N–H and O–H groups in total. The number of nitrogens with one attached hydrogen (secondary N) is 2. The third-order valence-electron chi connectivity index (χ3n) is 5.07. The Morgan fingerprint density at radius 2 is 1.96 bits per heavy atom. The lowest BCUT2D eigenvalue weighted by molar-refractivity contribution is 0.249. The second-order valence-electron chi connectivity index (χ2n) is 6.82. The topological polar surface area (TPSA) is 44.4 Å². The molecule has 1 saturated heterocycles. The standard InChI is InChI=1S/C20H22BrN3O/c21-18-6-1-2-7-19(18)24-11-10-17(13-24)23-20(25)22-16-9-8-14-4-3-5-15(14)12-16/h1-2,6-9,12,17H,3-5,10-11,13H2,(H2,22,23,25). The van der Waals surface area contributed by atoms with Gasteiger partial charge in [0, 0.05) is 29.3 Å². The summed E-state index contributed by atoms with van der Waals surface area (Å²) >= 11 is 3.60. The number of halogens is 1. The first-order chi connectivity index (χ1) is 12.2. The Hall–Kier alpha value is -2.01. The maximum atomic E-state index is 12.3. The van der Waals surface area contributed by atoms with Crippen molar-refractivity contribution in [3.63, 3.8) is 0 Å². The largest absolute Gasteiger partial charge is 0.368 e. The van der Waals surface area contributed by atoms with Gasteiger partial charge in [0.05, 0.1) is 5.69 Å². The fourth-order valence-electron chi connectivity index (χ4n) is 3.81. The molecular weight excluding hydrogens is 378 g/mol. The molecule has 2 aromatic rings. The predicted molar refractivity (Wildman–Crippen MR) is 105 cm³/mol. The average Bonchev–Trinajstić information content (AvgIpc) is 3.24. The molecule has 1 heterocycles. The van der Waals surface area contributed by atoms with Crippen molar-refractivity contribution in [1.82, 2.24) is 5.32 Å². The Balaban J connectivity index is 1.34. The van der Waals surface area contributed by atoms with Crippen LogP contribution in [0.25, 0.3) is 0 Å². The second-order valence-corrected chi connectivity index (χ2v) is 7.67. The number of amides is 2. The van der Waals surface area contributed by atoms with Gasteiger partial charge in [-0.1, -0.05) is 18.2 Å². The molecular formula is C20H22BrN3O. The number of carbonyl (C=O) groups is 1. The molecule has 1 aliphatic carbocycles. The van der Waals surface area contributed by atoms with Gasteiger partial charge in [0.1, 0.15) is 0 Å². The molecule has 2 amide bonds. The number of carbonyl (C=O) groups excluding carboxylic acids is 1. The molecule has 1 aliphatic heterocycles. The molecule has 1 fully saturated rings. The summed E-state index contributed by atoms with van der Waals surface area (Å²) in [5, 5.41) is 6.09. The van der Waals surface area contributed by atoms with Gasteiger partial charge < -0.3 is 15.5 Å². The molecule has 0 aromatic heterocycles. The van der Waals surface area contributed by atoms with Crippen LogP contribution < -0.4 is 15.5 Å². The molecule has 5 heteroatoms. The van der Waals surface area contributed by atoms with Crippen LogP contribution >= 0.6 is 15.9 Å². The van der Waals surface area contributed by atoms with Crippen LogP contribution in [-0.2, 0) is 12.8 Å². The fraction of sp³-hybridized carbons (Fsp3) is 0.350. The Morgan fingerprint density at radius 1 is 1.12 bits per heavy atom. The third-order valence-corrected chi connectivity index (χ3v) is 5.74. The van der Waals surface area contributed by atoms with E-state index >= 15 is 0 Å². The van der Waals surface area contributed by atoms with Crippen molar-refractivity contribution in [3.8, 4) is 0 Å². The molecule has 4 rings (SSSR count). The number of fused-ring (bicyclic) bond motifs is 1. The van der Waals surface area contributed by atoms with Gasteiger partial charge >= 0.3 is 6.03 Å². The number of hydrogen-bond donors (Lipinski definition) is 2. The van der Waals surface area contributed by atoms with Crippen LogP contribution in [0.1, 0.15) is 24.0 Å². The summed E-state index contributed by atoms with van der Waals surface area (Å²) in [6.45, 7) is 1.78. The van der Waals surface area contributed by atoms with E-state index in [2.05, 4.69) is 55.7 Å². The first-order valence-corrected chi connectivity index (χ1v) is 9.67. The van der Waals surface area contributed by atoms with Crippen molar-refractivity contribution in [2.24, 2.45) is 0 Å². The number of para-hydroxylation sites is 1. The first-order valence-electron chi connectivity index (χ1n) is 8.88. The van der Waals surface area contributed by atoms with Crippen LogP contribution in [0.15, 0.2) is 46.9 Å². The smallest absolute Gasteiger partial charge is 0.319 e. The fourth-order valence-corrected chi connectivity index (χ4v) is 4.34. The van der Waals surface area contributed by atoms with E-state index in [1.54, 1.807) is 0 Å². The number of anilines is 2. The second kappa shape index (κ2) is 7.08. The van der Waals surface area contributed by atoms with Crippen molar-refractivity contribution in [3.05, 3.63) is 58.1 Å². The molecule has 0 saturated carbocycles. The SMILES string of the molecule is O=C(Nc1ccc2c(c1)CCC2)NC1CCN(c2ccccc2Br)C1. The van der Waals surface area contributed by atoms with Gasteiger partial charge in [0.15, 0.2) is 0 Å². The number of nitrogens with zero attached hydrogens (tertiary/aromatic N) is 1.